The molecule has 1 aliphatic heterocycles. The van der Waals surface area contributed by atoms with E-state index in [-0.39, 0.29) is 29.8 Å². The number of aliphatic hydroxyl groups excluding tert-OH is 1. The van der Waals surface area contributed by atoms with Gasteiger partial charge in [0.05, 0.1) is 24.0 Å². The van der Waals surface area contributed by atoms with Crippen molar-refractivity contribution in [1.29, 1.82) is 0 Å². The van der Waals surface area contributed by atoms with Gasteiger partial charge in [-0.15, -0.1) is 0 Å². The molecule has 7 heteroatoms. The highest BCUT2D eigenvalue weighted by atomic mass is 19.1. The summed E-state index contributed by atoms with van der Waals surface area (Å²) < 4.78 is 14.7. The van der Waals surface area contributed by atoms with Crippen LogP contribution in [0.15, 0.2) is 42.1 Å². The van der Waals surface area contributed by atoms with E-state index in [1.165, 1.54) is 6.08 Å². The predicted octanol–water partition coefficient (Wildman–Crippen LogP) is 3.61. The Morgan fingerprint density at radius 3 is 2.74 bits per heavy atom. The Balaban J connectivity index is 1.50. The Kier molecular flexibility index (Phi) is 6.72. The van der Waals surface area contributed by atoms with Crippen LogP contribution in [0.25, 0.3) is 0 Å². The minimum atomic E-state index is -0.469. The number of pyridine rings is 1. The first-order valence-electron chi connectivity index (χ1n) is 11.4. The molecule has 1 unspecified atom stereocenters. The van der Waals surface area contributed by atoms with Gasteiger partial charge in [0.15, 0.2) is 0 Å². The molecular formula is C24H33FN4O2. The minimum absolute atomic E-state index is 0.0822. The van der Waals surface area contributed by atoms with E-state index in [9.17, 15) is 14.3 Å². The number of allylic oxidation sites excluding steroid dienone is 2. The summed E-state index contributed by atoms with van der Waals surface area (Å²) in [6.07, 6.45) is 13.0. The summed E-state index contributed by atoms with van der Waals surface area (Å²) in [7, 11) is 1.78. The van der Waals surface area contributed by atoms with Gasteiger partial charge in [0.2, 0.25) is 0 Å². The molecule has 0 aromatic carbocycles. The maximum absolute atomic E-state index is 14.7. The zero-order valence-corrected chi connectivity index (χ0v) is 18.1. The first-order chi connectivity index (χ1) is 14.9. The first kappa shape index (κ1) is 22.0. The summed E-state index contributed by atoms with van der Waals surface area (Å²) in [6, 6.07) is 1.68. The summed E-state index contributed by atoms with van der Waals surface area (Å²) in [5.74, 6) is -0.0992. The highest BCUT2D eigenvalue weighted by molar-refractivity contribution is 6.04. The van der Waals surface area contributed by atoms with Gasteiger partial charge in [-0.2, -0.15) is 0 Å². The number of hydrogen-bond acceptors (Lipinski definition) is 5. The number of nitrogens with two attached hydrogens (primary N) is 1. The van der Waals surface area contributed by atoms with E-state index in [2.05, 4.69) is 10.3 Å². The van der Waals surface area contributed by atoms with Crippen LogP contribution in [0.1, 0.15) is 62.8 Å². The van der Waals surface area contributed by atoms with Gasteiger partial charge in [-0.3, -0.25) is 9.78 Å². The number of nitrogens with one attached hydrogen (secondary N) is 1. The third-order valence-electron chi connectivity index (χ3n) is 7.16. The molecule has 1 aromatic rings. The summed E-state index contributed by atoms with van der Waals surface area (Å²) in [6.45, 7) is 0. The molecule has 3 aliphatic rings. The average Bonchev–Trinajstić information content (AvgIpc) is 2.75. The first-order valence-corrected chi connectivity index (χ1v) is 11.4. The highest BCUT2D eigenvalue weighted by Crippen LogP contribution is 2.38. The number of aliphatic hydroxyl groups is 1. The Labute approximate surface area is 183 Å². The number of carbonyl (C=O) groups is 1. The van der Waals surface area contributed by atoms with Gasteiger partial charge in [0.25, 0.3) is 5.91 Å². The Hall–Kier alpha value is -2.25. The number of aromatic nitrogens is 1. The van der Waals surface area contributed by atoms with Crippen molar-refractivity contribution in [3.05, 3.63) is 47.7 Å². The van der Waals surface area contributed by atoms with E-state index < -0.39 is 6.04 Å². The van der Waals surface area contributed by atoms with Crippen LogP contribution in [0.2, 0.25) is 0 Å². The van der Waals surface area contributed by atoms with Crippen LogP contribution in [-0.4, -0.2) is 46.1 Å². The topological polar surface area (TPSA) is 91.5 Å². The molecule has 2 aliphatic carbocycles. The van der Waals surface area contributed by atoms with Crippen LogP contribution in [0.5, 0.6) is 0 Å². The summed E-state index contributed by atoms with van der Waals surface area (Å²) in [5.41, 5.74) is 8.39. The molecule has 0 radical (unpaired) electrons. The van der Waals surface area contributed by atoms with Gasteiger partial charge in [0.1, 0.15) is 11.5 Å². The van der Waals surface area contributed by atoms with Crippen molar-refractivity contribution in [3.8, 4) is 0 Å². The fraction of sp³-hybridized carbons (Fsp3) is 0.583. The van der Waals surface area contributed by atoms with Crippen molar-refractivity contribution >= 4 is 11.6 Å². The van der Waals surface area contributed by atoms with Crippen molar-refractivity contribution < 1.29 is 14.3 Å². The predicted molar refractivity (Wildman–Crippen MR) is 119 cm³/mol. The lowest BCUT2D eigenvalue weighted by atomic mass is 9.80. The molecule has 4 rings (SSSR count). The number of likely N-dealkylation sites (N-methyl/N-ethyl adjacent to an activating group) is 1. The molecule has 1 amide bonds. The summed E-state index contributed by atoms with van der Waals surface area (Å²) in [4.78, 5) is 19.2. The molecule has 0 saturated heterocycles. The SMILES string of the molecule is CN1C(C(=O)Nc2cnccc2[C@@H]2CCC[C@H](N)C2)=CC=C(F)C1[C@H]1CC[C@@H](O)CC1. The minimum Gasteiger partial charge on any atom is -0.393 e. The molecule has 4 N–H and O–H groups in total. The van der Waals surface area contributed by atoms with E-state index in [4.69, 9.17) is 5.73 Å². The maximum Gasteiger partial charge on any atom is 0.272 e. The number of anilines is 1. The molecule has 2 fully saturated rings. The molecule has 168 valence electrons. The largest absolute Gasteiger partial charge is 0.393 e. The fourth-order valence-corrected chi connectivity index (χ4v) is 5.47. The van der Waals surface area contributed by atoms with Gasteiger partial charge in [-0.05, 0) is 80.6 Å². The van der Waals surface area contributed by atoms with Gasteiger partial charge in [0, 0.05) is 19.3 Å². The molecule has 0 bridgehead atoms. The summed E-state index contributed by atoms with van der Waals surface area (Å²) >= 11 is 0. The van der Waals surface area contributed by atoms with E-state index in [1.54, 1.807) is 30.4 Å². The van der Waals surface area contributed by atoms with Crippen molar-refractivity contribution in [2.24, 2.45) is 11.7 Å². The molecule has 2 saturated carbocycles. The van der Waals surface area contributed by atoms with Gasteiger partial charge < -0.3 is 21.1 Å². The Morgan fingerprint density at radius 2 is 2.00 bits per heavy atom. The number of rotatable bonds is 4. The molecule has 6 nitrogen and oxygen atoms in total. The van der Waals surface area contributed by atoms with E-state index >= 15 is 0 Å². The number of halogens is 1. The van der Waals surface area contributed by atoms with E-state index in [0.29, 0.717) is 30.1 Å². The lowest BCUT2D eigenvalue weighted by Gasteiger charge is -2.40. The van der Waals surface area contributed by atoms with Crippen molar-refractivity contribution in [3.63, 3.8) is 0 Å². The molecule has 2 heterocycles. The molecular weight excluding hydrogens is 395 g/mol. The van der Waals surface area contributed by atoms with E-state index in [0.717, 1.165) is 44.1 Å². The second-order valence-corrected chi connectivity index (χ2v) is 9.27. The molecule has 31 heavy (non-hydrogen) atoms. The smallest absolute Gasteiger partial charge is 0.272 e. The van der Waals surface area contributed by atoms with Crippen LogP contribution in [0.3, 0.4) is 0 Å². The van der Waals surface area contributed by atoms with Gasteiger partial charge in [-0.25, -0.2) is 4.39 Å². The van der Waals surface area contributed by atoms with Gasteiger partial charge >= 0.3 is 0 Å². The zero-order valence-electron chi connectivity index (χ0n) is 18.1. The second-order valence-electron chi connectivity index (χ2n) is 9.27. The van der Waals surface area contributed by atoms with E-state index in [1.807, 2.05) is 6.07 Å². The quantitative estimate of drug-likeness (QED) is 0.682. The highest BCUT2D eigenvalue weighted by Gasteiger charge is 2.36. The maximum atomic E-state index is 14.7. The van der Waals surface area contributed by atoms with Crippen LogP contribution < -0.4 is 11.1 Å². The number of nitrogens with zero attached hydrogens (tertiary/aromatic N) is 2. The third kappa shape index (κ3) is 4.83. The monoisotopic (exact) mass is 428 g/mol. The lowest BCUT2D eigenvalue weighted by Crippen LogP contribution is -2.44. The number of carbonyl (C=O) groups excluding carboxylic acids is 1. The fourth-order valence-electron chi connectivity index (χ4n) is 5.47. The Bertz CT molecular complexity index is 863. The number of amides is 1. The lowest BCUT2D eigenvalue weighted by molar-refractivity contribution is -0.114. The van der Waals surface area contributed by atoms with Crippen molar-refractivity contribution in [2.75, 3.05) is 12.4 Å². The average molecular weight is 429 g/mol. The van der Waals surface area contributed by atoms with Gasteiger partial charge in [-0.1, -0.05) is 6.42 Å². The zero-order chi connectivity index (χ0) is 22.0. The summed E-state index contributed by atoms with van der Waals surface area (Å²) in [5, 5.41) is 12.8. The molecule has 3 atom stereocenters. The van der Waals surface area contributed by atoms with Crippen LogP contribution in [-0.2, 0) is 4.79 Å². The molecule has 0 spiro atoms. The standard InChI is InChI=1S/C24H33FN4O2/c1-29-22(10-9-20(25)23(29)15-5-7-18(30)8-6-15)24(31)28-21-14-27-12-11-19(21)16-3-2-4-17(26)13-16/h9-12,14-18,23,30H,2-8,13,26H2,1H3,(H,28,31)/t15-,16-,17+,18+,23?/m1/s1. The number of hydrogen-bond donors (Lipinski definition) is 3. The second kappa shape index (κ2) is 9.49. The van der Waals surface area contributed by atoms with Crippen LogP contribution in [0.4, 0.5) is 10.1 Å². The van der Waals surface area contributed by atoms with Crippen LogP contribution >= 0.6 is 0 Å². The third-order valence-corrected chi connectivity index (χ3v) is 7.16. The van der Waals surface area contributed by atoms with Crippen molar-refractivity contribution in [2.45, 2.75) is 75.5 Å². The molecule has 1 aromatic heterocycles. The normalized spacial score (nSPS) is 31.6. The Morgan fingerprint density at radius 1 is 1.23 bits per heavy atom. The van der Waals surface area contributed by atoms with Crippen molar-refractivity contribution in [1.82, 2.24) is 9.88 Å². The van der Waals surface area contributed by atoms with Crippen LogP contribution in [0, 0.1) is 5.92 Å².